The van der Waals surface area contributed by atoms with Gasteiger partial charge in [-0.25, -0.2) is 0 Å². The van der Waals surface area contributed by atoms with Crippen molar-refractivity contribution in [2.24, 2.45) is 0 Å². The van der Waals surface area contributed by atoms with Crippen LogP contribution in [0.25, 0.3) is 11.3 Å². The highest BCUT2D eigenvalue weighted by molar-refractivity contribution is 6.56. The third kappa shape index (κ3) is 2.69. The number of hydrogen-bond donors (Lipinski definition) is 0. The number of nitrogens with zero attached hydrogens (tertiary/aromatic N) is 1. The summed E-state index contributed by atoms with van der Waals surface area (Å²) in [5.41, 5.74) is 0.322. The Kier molecular flexibility index (Phi) is 4.67. The van der Waals surface area contributed by atoms with Crippen molar-refractivity contribution in [1.82, 2.24) is 4.98 Å². The lowest BCUT2D eigenvalue weighted by molar-refractivity contribution is -0.255. The number of aromatic nitrogens is 1. The maximum atomic E-state index is 10.9. The van der Waals surface area contributed by atoms with Crippen molar-refractivity contribution < 1.29 is 9.90 Å². The summed E-state index contributed by atoms with van der Waals surface area (Å²) in [6.07, 6.45) is 1.28. The first kappa shape index (κ1) is 15.7. The van der Waals surface area contributed by atoms with Crippen LogP contribution in [0, 0.1) is 0 Å². The third-order valence-corrected chi connectivity index (χ3v) is 4.74. The minimum atomic E-state index is -1.35. The zero-order valence-electron chi connectivity index (χ0n) is 9.39. The molecule has 0 radical (unpaired) electrons. The van der Waals surface area contributed by atoms with Gasteiger partial charge >= 0.3 is 0 Å². The van der Waals surface area contributed by atoms with Crippen LogP contribution >= 0.6 is 58.0 Å². The van der Waals surface area contributed by atoms with Crippen molar-refractivity contribution in [3.05, 3.63) is 49.0 Å². The molecule has 20 heavy (non-hydrogen) atoms. The maximum absolute atomic E-state index is 10.9. The highest BCUT2D eigenvalue weighted by Gasteiger charge is 2.21. The second-order valence-electron chi connectivity index (χ2n) is 3.66. The third-order valence-electron chi connectivity index (χ3n) is 2.46. The molecule has 0 saturated heterocycles. The average molecular weight is 370 g/mol. The monoisotopic (exact) mass is 368 g/mol. The molecule has 0 bridgehead atoms. The molecule has 0 spiro atoms. The number of carboxylic acid groups (broad SMARTS) is 1. The summed E-state index contributed by atoms with van der Waals surface area (Å²) in [6, 6.07) is 2.53. The molecule has 0 fully saturated rings. The van der Waals surface area contributed by atoms with Crippen LogP contribution in [0.3, 0.4) is 0 Å². The van der Waals surface area contributed by atoms with Crippen LogP contribution in [0.1, 0.15) is 10.4 Å². The summed E-state index contributed by atoms with van der Waals surface area (Å²) in [5, 5.41) is 11.0. The number of aromatic carboxylic acids is 1. The fraction of sp³-hybridized carbons (Fsp3) is 0. The fourth-order valence-electron chi connectivity index (χ4n) is 1.52. The van der Waals surface area contributed by atoms with E-state index in [-0.39, 0.29) is 41.9 Å². The average Bonchev–Trinajstić information content (AvgIpc) is 2.43. The van der Waals surface area contributed by atoms with E-state index in [1.54, 1.807) is 0 Å². The van der Waals surface area contributed by atoms with Crippen molar-refractivity contribution in [1.29, 1.82) is 0 Å². The minimum absolute atomic E-state index is 0.0124. The molecule has 2 rings (SSSR count). The number of pyridine rings is 1. The second-order valence-corrected chi connectivity index (χ2v) is 5.55. The van der Waals surface area contributed by atoms with Gasteiger partial charge in [-0.3, -0.25) is 4.98 Å². The zero-order chi connectivity index (χ0) is 15.0. The van der Waals surface area contributed by atoms with E-state index in [1.807, 2.05) is 0 Å². The first-order chi connectivity index (χ1) is 9.34. The topological polar surface area (TPSA) is 53.0 Å². The summed E-state index contributed by atoms with van der Waals surface area (Å²) in [6.45, 7) is 0. The molecule has 0 saturated carbocycles. The molecule has 8 heteroatoms. The van der Waals surface area contributed by atoms with Gasteiger partial charge in [0.1, 0.15) is 0 Å². The number of halogens is 5. The lowest BCUT2D eigenvalue weighted by atomic mass is 10.1. The van der Waals surface area contributed by atoms with E-state index in [2.05, 4.69) is 4.98 Å². The minimum Gasteiger partial charge on any atom is -0.545 e. The van der Waals surface area contributed by atoms with Gasteiger partial charge in [-0.15, -0.1) is 0 Å². The van der Waals surface area contributed by atoms with E-state index in [1.165, 1.54) is 18.3 Å². The standard InChI is InChI=1S/C12H4Cl5NO2/c13-7-6(8(14)10(16)11(17)9(7)15)5-3-4(12(19)20)1-2-18-5/h1-3H,(H,19,20)/p-1. The Hall–Kier alpha value is -0.710. The van der Waals surface area contributed by atoms with Gasteiger partial charge in [0.15, 0.2) is 0 Å². The molecule has 1 heterocycles. The summed E-state index contributed by atoms with van der Waals surface area (Å²) >= 11 is 29.9. The zero-order valence-corrected chi connectivity index (χ0v) is 13.2. The second kappa shape index (κ2) is 5.96. The first-order valence-electron chi connectivity index (χ1n) is 5.03. The van der Waals surface area contributed by atoms with E-state index in [0.717, 1.165) is 0 Å². The normalized spacial score (nSPS) is 10.7. The lowest BCUT2D eigenvalue weighted by Gasteiger charge is -2.13. The molecule has 0 atom stereocenters. The smallest absolute Gasteiger partial charge is 0.0809 e. The Morgan fingerprint density at radius 3 is 1.95 bits per heavy atom. The van der Waals surface area contributed by atoms with Crippen molar-refractivity contribution >= 4 is 64.0 Å². The van der Waals surface area contributed by atoms with Crippen molar-refractivity contribution in [2.45, 2.75) is 0 Å². The number of benzene rings is 1. The molecule has 0 unspecified atom stereocenters. The molecular formula is C12H3Cl5NO2-. The van der Waals surface area contributed by atoms with Gasteiger partial charge < -0.3 is 9.90 Å². The van der Waals surface area contributed by atoms with E-state index in [9.17, 15) is 9.90 Å². The molecule has 2 aromatic rings. The van der Waals surface area contributed by atoms with Gasteiger partial charge in [-0.2, -0.15) is 0 Å². The Morgan fingerprint density at radius 1 is 0.950 bits per heavy atom. The van der Waals surface area contributed by atoms with Crippen LogP contribution in [0.4, 0.5) is 0 Å². The number of hydrogen-bond acceptors (Lipinski definition) is 3. The van der Waals surface area contributed by atoms with Crippen LogP contribution in [0.15, 0.2) is 18.3 Å². The molecule has 0 aliphatic rings. The van der Waals surface area contributed by atoms with Crippen LogP contribution in [-0.2, 0) is 0 Å². The first-order valence-corrected chi connectivity index (χ1v) is 6.92. The van der Waals surface area contributed by atoms with Crippen LogP contribution in [0.2, 0.25) is 25.1 Å². The van der Waals surface area contributed by atoms with Crippen molar-refractivity contribution in [2.75, 3.05) is 0 Å². The summed E-state index contributed by atoms with van der Waals surface area (Å²) < 4.78 is 0. The van der Waals surface area contributed by atoms with Crippen molar-refractivity contribution in [3.63, 3.8) is 0 Å². The lowest BCUT2D eigenvalue weighted by Crippen LogP contribution is -2.22. The molecule has 0 N–H and O–H groups in total. The van der Waals surface area contributed by atoms with Gasteiger partial charge in [0.25, 0.3) is 0 Å². The molecule has 1 aromatic carbocycles. The Bertz CT molecular complexity index is 688. The van der Waals surface area contributed by atoms with E-state index in [0.29, 0.717) is 0 Å². The highest BCUT2D eigenvalue weighted by Crippen LogP contribution is 2.47. The maximum Gasteiger partial charge on any atom is 0.0809 e. The predicted molar refractivity (Wildman–Crippen MR) is 79.1 cm³/mol. The summed E-state index contributed by atoms with van der Waals surface area (Å²) in [5.74, 6) is -1.35. The largest absolute Gasteiger partial charge is 0.545 e. The summed E-state index contributed by atoms with van der Waals surface area (Å²) in [7, 11) is 0. The van der Waals surface area contributed by atoms with Crippen LogP contribution < -0.4 is 5.11 Å². The van der Waals surface area contributed by atoms with E-state index in [4.69, 9.17) is 58.0 Å². The Balaban J connectivity index is 2.76. The quantitative estimate of drug-likeness (QED) is 0.582. The molecule has 104 valence electrons. The van der Waals surface area contributed by atoms with Gasteiger partial charge in [0.2, 0.25) is 0 Å². The number of carboxylic acids is 1. The summed E-state index contributed by atoms with van der Waals surface area (Å²) in [4.78, 5) is 14.9. The molecule has 0 aliphatic heterocycles. The van der Waals surface area contributed by atoms with E-state index < -0.39 is 5.97 Å². The molecular weight excluding hydrogens is 367 g/mol. The van der Waals surface area contributed by atoms with Gasteiger partial charge in [0, 0.05) is 17.3 Å². The molecule has 1 aromatic heterocycles. The molecule has 3 nitrogen and oxygen atoms in total. The fourth-order valence-corrected chi connectivity index (χ4v) is 2.86. The molecule has 0 amide bonds. The molecule has 0 aliphatic carbocycles. The highest BCUT2D eigenvalue weighted by atomic mass is 35.5. The Labute approximate surface area is 139 Å². The van der Waals surface area contributed by atoms with Crippen molar-refractivity contribution in [3.8, 4) is 11.3 Å². The van der Waals surface area contributed by atoms with Crippen LogP contribution in [-0.4, -0.2) is 11.0 Å². The predicted octanol–water partition coefficient (Wildman–Crippen LogP) is 4.38. The Morgan fingerprint density at radius 2 is 1.45 bits per heavy atom. The van der Waals surface area contributed by atoms with E-state index >= 15 is 0 Å². The SMILES string of the molecule is O=C([O-])c1ccnc(-c2c(Cl)c(Cl)c(Cl)c(Cl)c2Cl)c1. The number of carbonyl (C=O) groups excluding carboxylic acids is 1. The van der Waals surface area contributed by atoms with Gasteiger partial charge in [-0.1, -0.05) is 58.0 Å². The number of rotatable bonds is 2. The van der Waals surface area contributed by atoms with Gasteiger partial charge in [0.05, 0.1) is 36.8 Å². The number of carbonyl (C=O) groups is 1. The van der Waals surface area contributed by atoms with Gasteiger partial charge in [-0.05, 0) is 12.1 Å². The van der Waals surface area contributed by atoms with Crippen LogP contribution in [0.5, 0.6) is 0 Å².